The van der Waals surface area contributed by atoms with Gasteiger partial charge in [0.15, 0.2) is 0 Å². The summed E-state index contributed by atoms with van der Waals surface area (Å²) < 4.78 is 41.1. The van der Waals surface area contributed by atoms with E-state index in [-0.39, 0.29) is 30.0 Å². The van der Waals surface area contributed by atoms with E-state index in [0.717, 1.165) is 5.56 Å². The molecule has 0 saturated carbocycles. The van der Waals surface area contributed by atoms with E-state index in [1.54, 1.807) is 37.3 Å². The Bertz CT molecular complexity index is 1260. The molecular formula is C25H26FN3O4S. The molecule has 0 spiro atoms. The largest absolute Gasteiger partial charge is 0.369 e. The minimum absolute atomic E-state index is 0.0445. The van der Waals surface area contributed by atoms with Crippen molar-refractivity contribution in [2.24, 2.45) is 11.7 Å². The van der Waals surface area contributed by atoms with Crippen LogP contribution in [-0.4, -0.2) is 26.8 Å². The van der Waals surface area contributed by atoms with Gasteiger partial charge in [0.25, 0.3) is 5.91 Å². The van der Waals surface area contributed by atoms with Crippen molar-refractivity contribution >= 4 is 21.8 Å². The van der Waals surface area contributed by atoms with Gasteiger partial charge in [0.2, 0.25) is 15.9 Å². The van der Waals surface area contributed by atoms with Gasteiger partial charge in [-0.1, -0.05) is 48.5 Å². The zero-order valence-electron chi connectivity index (χ0n) is 18.6. The van der Waals surface area contributed by atoms with E-state index in [4.69, 9.17) is 5.73 Å². The lowest BCUT2D eigenvalue weighted by Crippen LogP contribution is -2.37. The summed E-state index contributed by atoms with van der Waals surface area (Å²) in [6, 6.07) is 19.0. The van der Waals surface area contributed by atoms with E-state index in [1.807, 2.05) is 18.2 Å². The number of aryl methyl sites for hydroxylation is 1. The summed E-state index contributed by atoms with van der Waals surface area (Å²) in [5.74, 6) is -2.24. The Balaban J connectivity index is 1.69. The maximum absolute atomic E-state index is 13.1. The smallest absolute Gasteiger partial charge is 0.251 e. The Morgan fingerprint density at radius 1 is 0.971 bits per heavy atom. The number of nitrogens with two attached hydrogens (primary N) is 1. The van der Waals surface area contributed by atoms with Crippen molar-refractivity contribution in [2.75, 3.05) is 6.54 Å². The molecule has 0 aromatic heterocycles. The van der Waals surface area contributed by atoms with E-state index >= 15 is 0 Å². The molecule has 1 atom stereocenters. The summed E-state index contributed by atoms with van der Waals surface area (Å²) >= 11 is 0. The Hall–Kier alpha value is -3.56. The molecule has 0 fully saturated rings. The zero-order valence-corrected chi connectivity index (χ0v) is 19.4. The second-order valence-electron chi connectivity index (χ2n) is 7.93. The van der Waals surface area contributed by atoms with Gasteiger partial charge in [-0.2, -0.15) is 0 Å². The minimum atomic E-state index is -3.85. The summed E-state index contributed by atoms with van der Waals surface area (Å²) in [6.45, 7) is 1.75. The number of benzene rings is 3. The van der Waals surface area contributed by atoms with Crippen molar-refractivity contribution in [3.8, 4) is 0 Å². The number of hydrogen-bond donors (Lipinski definition) is 3. The van der Waals surface area contributed by atoms with Crippen LogP contribution in [0.3, 0.4) is 0 Å². The SMILES string of the molecule is Cc1ccc(S(=O)(=O)NCc2ccccc2)cc1C(=O)NCC(Cc1ccc(F)cc1)C(N)=O. The monoisotopic (exact) mass is 483 g/mol. The molecule has 3 rings (SSSR count). The topological polar surface area (TPSA) is 118 Å². The maximum Gasteiger partial charge on any atom is 0.251 e. The lowest BCUT2D eigenvalue weighted by atomic mass is 9.98. The highest BCUT2D eigenvalue weighted by Crippen LogP contribution is 2.17. The summed E-state index contributed by atoms with van der Waals surface area (Å²) in [5, 5.41) is 2.66. The minimum Gasteiger partial charge on any atom is -0.369 e. The number of carbonyl (C=O) groups is 2. The number of sulfonamides is 1. The standard InChI is InChI=1S/C25H26FN3O4S/c1-17-7-12-22(34(32,33)29-15-19-5-3-2-4-6-19)14-23(17)25(31)28-16-20(24(27)30)13-18-8-10-21(26)11-9-18/h2-12,14,20,29H,13,15-16H2,1H3,(H2,27,30)(H,28,31). The first kappa shape index (κ1) is 25.1. The highest BCUT2D eigenvalue weighted by atomic mass is 32.2. The third-order valence-corrected chi connectivity index (χ3v) is 6.78. The molecule has 0 radical (unpaired) electrons. The number of nitrogens with one attached hydrogen (secondary N) is 2. The van der Waals surface area contributed by atoms with Crippen molar-refractivity contribution in [1.29, 1.82) is 0 Å². The van der Waals surface area contributed by atoms with Crippen molar-refractivity contribution in [3.63, 3.8) is 0 Å². The van der Waals surface area contributed by atoms with E-state index in [1.165, 1.54) is 24.3 Å². The number of carbonyl (C=O) groups excluding carboxylic acids is 2. The van der Waals surface area contributed by atoms with E-state index < -0.39 is 33.6 Å². The Kier molecular flexibility index (Phi) is 8.14. The van der Waals surface area contributed by atoms with Crippen LogP contribution >= 0.6 is 0 Å². The molecule has 3 aromatic carbocycles. The summed E-state index contributed by atoms with van der Waals surface area (Å²) in [6.07, 6.45) is 0.229. The number of halogens is 1. The molecule has 7 nitrogen and oxygen atoms in total. The molecule has 0 aliphatic carbocycles. The van der Waals surface area contributed by atoms with E-state index in [9.17, 15) is 22.4 Å². The van der Waals surface area contributed by atoms with Gasteiger partial charge in [-0.25, -0.2) is 17.5 Å². The van der Waals surface area contributed by atoms with Crippen molar-refractivity contribution in [2.45, 2.75) is 24.8 Å². The van der Waals surface area contributed by atoms with Crippen LogP contribution in [-0.2, 0) is 27.8 Å². The summed E-state index contributed by atoms with van der Waals surface area (Å²) in [7, 11) is -3.85. The van der Waals surface area contributed by atoms with Crippen LogP contribution in [0.2, 0.25) is 0 Å². The van der Waals surface area contributed by atoms with Crippen LogP contribution in [0.25, 0.3) is 0 Å². The molecule has 3 aromatic rings. The average Bonchev–Trinajstić information content (AvgIpc) is 2.82. The fraction of sp³-hybridized carbons (Fsp3) is 0.200. The van der Waals surface area contributed by atoms with Gasteiger partial charge in [0.1, 0.15) is 5.82 Å². The molecule has 178 valence electrons. The van der Waals surface area contributed by atoms with Crippen LogP contribution in [0, 0.1) is 18.7 Å². The fourth-order valence-electron chi connectivity index (χ4n) is 3.36. The van der Waals surface area contributed by atoms with Crippen molar-refractivity contribution in [1.82, 2.24) is 10.0 Å². The molecule has 0 aliphatic heterocycles. The van der Waals surface area contributed by atoms with Gasteiger partial charge in [-0.3, -0.25) is 9.59 Å². The second kappa shape index (κ2) is 11.0. The van der Waals surface area contributed by atoms with Gasteiger partial charge in [0, 0.05) is 18.7 Å². The van der Waals surface area contributed by atoms with Crippen molar-refractivity contribution < 1.29 is 22.4 Å². The predicted molar refractivity (Wildman–Crippen MR) is 127 cm³/mol. The van der Waals surface area contributed by atoms with Gasteiger partial charge < -0.3 is 11.1 Å². The highest BCUT2D eigenvalue weighted by Gasteiger charge is 2.21. The average molecular weight is 484 g/mol. The number of amides is 2. The van der Waals surface area contributed by atoms with E-state index in [0.29, 0.717) is 11.1 Å². The first-order valence-corrected chi connectivity index (χ1v) is 12.1. The number of rotatable bonds is 10. The second-order valence-corrected chi connectivity index (χ2v) is 9.69. The van der Waals surface area contributed by atoms with Crippen LogP contribution in [0.1, 0.15) is 27.0 Å². The highest BCUT2D eigenvalue weighted by molar-refractivity contribution is 7.89. The Morgan fingerprint density at radius 3 is 2.29 bits per heavy atom. The lowest BCUT2D eigenvalue weighted by Gasteiger charge is -2.16. The van der Waals surface area contributed by atoms with Crippen molar-refractivity contribution in [3.05, 3.63) is 101 Å². The fourth-order valence-corrected chi connectivity index (χ4v) is 4.40. The quantitative estimate of drug-likeness (QED) is 0.411. The molecule has 0 aliphatic rings. The predicted octanol–water partition coefficient (Wildman–Crippen LogP) is 2.69. The van der Waals surface area contributed by atoms with Gasteiger partial charge in [-0.05, 0) is 54.3 Å². The molecule has 0 saturated heterocycles. The molecule has 4 N–H and O–H groups in total. The molecule has 9 heteroatoms. The molecule has 2 amide bonds. The molecule has 1 unspecified atom stereocenters. The molecule has 0 bridgehead atoms. The Labute approximate surface area is 198 Å². The third kappa shape index (κ3) is 6.72. The van der Waals surface area contributed by atoms with Crippen LogP contribution in [0.15, 0.2) is 77.7 Å². The van der Waals surface area contributed by atoms with Crippen LogP contribution < -0.4 is 15.8 Å². The first-order valence-electron chi connectivity index (χ1n) is 10.6. The maximum atomic E-state index is 13.1. The number of hydrogen-bond acceptors (Lipinski definition) is 4. The van der Waals surface area contributed by atoms with Gasteiger partial charge in [0.05, 0.1) is 10.8 Å². The lowest BCUT2D eigenvalue weighted by molar-refractivity contribution is -0.121. The summed E-state index contributed by atoms with van der Waals surface area (Å²) in [5.41, 5.74) is 7.73. The zero-order chi connectivity index (χ0) is 24.7. The third-order valence-electron chi connectivity index (χ3n) is 5.38. The van der Waals surface area contributed by atoms with E-state index in [2.05, 4.69) is 10.0 Å². The normalized spacial score (nSPS) is 12.2. The Morgan fingerprint density at radius 2 is 1.65 bits per heavy atom. The van der Waals surface area contributed by atoms with Gasteiger partial charge >= 0.3 is 0 Å². The van der Waals surface area contributed by atoms with Gasteiger partial charge in [-0.15, -0.1) is 0 Å². The van der Waals surface area contributed by atoms with Crippen LogP contribution in [0.4, 0.5) is 4.39 Å². The van der Waals surface area contributed by atoms with Crippen LogP contribution in [0.5, 0.6) is 0 Å². The first-order chi connectivity index (χ1) is 16.2. The summed E-state index contributed by atoms with van der Waals surface area (Å²) in [4.78, 5) is 24.6. The molecule has 34 heavy (non-hydrogen) atoms. The molecule has 0 heterocycles. The molecular weight excluding hydrogens is 457 g/mol. The number of primary amides is 1.